The zero-order valence-corrected chi connectivity index (χ0v) is 10.4. The molecule has 92 valence electrons. The van der Waals surface area contributed by atoms with Crippen LogP contribution in [0.3, 0.4) is 0 Å². The Hall–Kier alpha value is -2.19. The molecule has 0 aliphatic heterocycles. The minimum absolute atomic E-state index is 0.530. The summed E-state index contributed by atoms with van der Waals surface area (Å²) in [4.78, 5) is 0. The van der Waals surface area contributed by atoms with E-state index in [-0.39, 0.29) is 0 Å². The first-order valence-electron chi connectivity index (χ1n) is 5.40. The van der Waals surface area contributed by atoms with E-state index in [4.69, 9.17) is 22.6 Å². The molecule has 0 radical (unpaired) electrons. The molecule has 0 spiro atoms. The molecule has 0 fully saturated rings. The van der Waals surface area contributed by atoms with Crippen LogP contribution in [-0.2, 0) is 6.54 Å². The molecule has 0 atom stereocenters. The van der Waals surface area contributed by atoms with Crippen molar-refractivity contribution in [3.8, 4) is 6.07 Å². The molecule has 0 bridgehead atoms. The van der Waals surface area contributed by atoms with Crippen molar-refractivity contribution in [2.75, 3.05) is 17.6 Å². The van der Waals surface area contributed by atoms with E-state index in [1.807, 2.05) is 0 Å². The van der Waals surface area contributed by atoms with Gasteiger partial charge < -0.3 is 11.1 Å². The van der Waals surface area contributed by atoms with Gasteiger partial charge in [0.15, 0.2) is 0 Å². The average molecular weight is 262 g/mol. The van der Waals surface area contributed by atoms with E-state index in [1.54, 1.807) is 35.3 Å². The van der Waals surface area contributed by atoms with Crippen molar-refractivity contribution in [3.63, 3.8) is 0 Å². The van der Waals surface area contributed by atoms with Crippen LogP contribution in [0.1, 0.15) is 5.56 Å². The third-order valence-corrected chi connectivity index (χ3v) is 2.65. The summed E-state index contributed by atoms with van der Waals surface area (Å²) >= 11 is 5.82. The van der Waals surface area contributed by atoms with Crippen LogP contribution >= 0.6 is 11.6 Å². The maximum atomic E-state index is 8.98. The molecule has 3 N–H and O–H groups in total. The number of nitrogens with zero attached hydrogens (tertiary/aromatic N) is 3. The van der Waals surface area contributed by atoms with Gasteiger partial charge >= 0.3 is 0 Å². The Morgan fingerprint density at radius 1 is 1.50 bits per heavy atom. The molecule has 5 nitrogen and oxygen atoms in total. The first kappa shape index (κ1) is 12.3. The van der Waals surface area contributed by atoms with Crippen molar-refractivity contribution >= 4 is 23.0 Å². The fraction of sp³-hybridized carbons (Fsp3) is 0.167. The van der Waals surface area contributed by atoms with E-state index < -0.39 is 0 Å². The molecule has 0 aliphatic carbocycles. The van der Waals surface area contributed by atoms with Crippen molar-refractivity contribution in [3.05, 3.63) is 41.2 Å². The molecule has 18 heavy (non-hydrogen) atoms. The normalized spacial score (nSPS) is 10.0. The van der Waals surface area contributed by atoms with E-state index in [0.29, 0.717) is 29.4 Å². The lowest BCUT2D eigenvalue weighted by Gasteiger charge is -2.08. The van der Waals surface area contributed by atoms with E-state index in [9.17, 15) is 0 Å². The third-order valence-electron chi connectivity index (χ3n) is 2.41. The SMILES string of the molecule is N#Cc1cc(Cl)ccc1NCCn1cc(N)cn1. The summed E-state index contributed by atoms with van der Waals surface area (Å²) in [6, 6.07) is 7.27. The summed E-state index contributed by atoms with van der Waals surface area (Å²) in [5.74, 6) is 0. The van der Waals surface area contributed by atoms with Crippen LogP contribution in [0.25, 0.3) is 0 Å². The van der Waals surface area contributed by atoms with Gasteiger partial charge in [0.25, 0.3) is 0 Å². The van der Waals surface area contributed by atoms with Crippen LogP contribution in [0, 0.1) is 11.3 Å². The van der Waals surface area contributed by atoms with Gasteiger partial charge in [0.2, 0.25) is 0 Å². The van der Waals surface area contributed by atoms with Crippen LogP contribution in [0.4, 0.5) is 11.4 Å². The van der Waals surface area contributed by atoms with E-state index >= 15 is 0 Å². The van der Waals surface area contributed by atoms with E-state index in [2.05, 4.69) is 16.5 Å². The highest BCUT2D eigenvalue weighted by atomic mass is 35.5. The van der Waals surface area contributed by atoms with Crippen molar-refractivity contribution in [2.45, 2.75) is 6.54 Å². The molecule has 0 saturated heterocycles. The molecular weight excluding hydrogens is 250 g/mol. The Morgan fingerprint density at radius 3 is 3.00 bits per heavy atom. The minimum atomic E-state index is 0.530. The van der Waals surface area contributed by atoms with E-state index in [1.165, 1.54) is 0 Å². The van der Waals surface area contributed by atoms with Crippen molar-refractivity contribution < 1.29 is 0 Å². The van der Waals surface area contributed by atoms with Gasteiger partial charge in [-0.1, -0.05) is 11.6 Å². The molecule has 0 aliphatic rings. The average Bonchev–Trinajstić information content (AvgIpc) is 2.77. The summed E-state index contributed by atoms with van der Waals surface area (Å²) in [6.07, 6.45) is 3.36. The predicted molar refractivity (Wildman–Crippen MR) is 71.3 cm³/mol. The van der Waals surface area contributed by atoms with Crippen LogP contribution in [0.15, 0.2) is 30.6 Å². The van der Waals surface area contributed by atoms with Crippen LogP contribution < -0.4 is 11.1 Å². The zero-order valence-electron chi connectivity index (χ0n) is 9.60. The fourth-order valence-electron chi connectivity index (χ4n) is 1.57. The summed E-state index contributed by atoms with van der Waals surface area (Å²) in [5, 5.41) is 16.8. The van der Waals surface area contributed by atoms with E-state index in [0.717, 1.165) is 5.69 Å². The molecule has 0 amide bonds. The molecule has 2 aromatic rings. The Balaban J connectivity index is 1.96. The lowest BCUT2D eigenvalue weighted by molar-refractivity contribution is 0.638. The van der Waals surface area contributed by atoms with Crippen LogP contribution in [0.2, 0.25) is 5.02 Å². The fourth-order valence-corrected chi connectivity index (χ4v) is 1.74. The predicted octanol–water partition coefficient (Wildman–Crippen LogP) is 2.10. The number of halogens is 1. The van der Waals surface area contributed by atoms with Crippen molar-refractivity contribution in [1.82, 2.24) is 9.78 Å². The summed E-state index contributed by atoms with van der Waals surface area (Å²) < 4.78 is 1.74. The largest absolute Gasteiger partial charge is 0.396 e. The first-order valence-corrected chi connectivity index (χ1v) is 5.78. The van der Waals surface area contributed by atoms with Gasteiger partial charge in [0.05, 0.1) is 29.7 Å². The lowest BCUT2D eigenvalue weighted by Crippen LogP contribution is -2.11. The Kier molecular flexibility index (Phi) is 3.70. The number of rotatable bonds is 4. The number of nitrogens with one attached hydrogen (secondary N) is 1. The number of nitriles is 1. The molecular formula is C12H12ClN5. The topological polar surface area (TPSA) is 79.7 Å². The maximum absolute atomic E-state index is 8.98. The first-order chi connectivity index (χ1) is 8.69. The smallest absolute Gasteiger partial charge is 0.101 e. The highest BCUT2D eigenvalue weighted by Crippen LogP contribution is 2.19. The highest BCUT2D eigenvalue weighted by Gasteiger charge is 2.02. The van der Waals surface area contributed by atoms with Gasteiger partial charge in [-0.15, -0.1) is 0 Å². The second-order valence-electron chi connectivity index (χ2n) is 3.77. The molecule has 0 unspecified atom stereocenters. The third kappa shape index (κ3) is 2.93. The maximum Gasteiger partial charge on any atom is 0.101 e. The molecule has 2 rings (SSSR count). The monoisotopic (exact) mass is 261 g/mol. The molecule has 1 aromatic heterocycles. The second-order valence-corrected chi connectivity index (χ2v) is 4.20. The molecule has 0 saturated carbocycles. The van der Waals surface area contributed by atoms with Gasteiger partial charge in [-0.05, 0) is 18.2 Å². The van der Waals surface area contributed by atoms with Gasteiger partial charge in [0.1, 0.15) is 6.07 Å². The van der Waals surface area contributed by atoms with Gasteiger partial charge in [-0.2, -0.15) is 10.4 Å². The van der Waals surface area contributed by atoms with Crippen molar-refractivity contribution in [1.29, 1.82) is 5.26 Å². The van der Waals surface area contributed by atoms with Crippen LogP contribution in [-0.4, -0.2) is 16.3 Å². The van der Waals surface area contributed by atoms with Gasteiger partial charge in [0, 0.05) is 17.8 Å². The molecule has 1 heterocycles. The van der Waals surface area contributed by atoms with Crippen molar-refractivity contribution in [2.24, 2.45) is 0 Å². The highest BCUT2D eigenvalue weighted by molar-refractivity contribution is 6.30. The summed E-state index contributed by atoms with van der Waals surface area (Å²) in [6.45, 7) is 1.32. The number of hydrogen-bond donors (Lipinski definition) is 2. The number of anilines is 2. The number of hydrogen-bond acceptors (Lipinski definition) is 4. The minimum Gasteiger partial charge on any atom is -0.396 e. The zero-order chi connectivity index (χ0) is 13.0. The quantitative estimate of drug-likeness (QED) is 0.883. The Morgan fingerprint density at radius 2 is 2.33 bits per heavy atom. The lowest BCUT2D eigenvalue weighted by atomic mass is 10.2. The number of aromatic nitrogens is 2. The van der Waals surface area contributed by atoms with Gasteiger partial charge in [-0.3, -0.25) is 4.68 Å². The Labute approximate surface area is 110 Å². The number of nitrogens with two attached hydrogens (primary N) is 1. The standard InChI is InChI=1S/C12H12ClN5/c13-10-1-2-12(9(5-10)6-14)16-3-4-18-8-11(15)7-17-18/h1-2,5,7-8,16H,3-4,15H2. The Bertz CT molecular complexity index is 584. The second kappa shape index (κ2) is 5.43. The number of nitrogen functional groups attached to an aromatic ring is 1. The van der Waals surface area contributed by atoms with Crippen LogP contribution in [0.5, 0.6) is 0 Å². The number of benzene rings is 1. The molecule has 1 aromatic carbocycles. The summed E-state index contributed by atoms with van der Waals surface area (Å²) in [5.41, 5.74) is 7.50. The molecule has 6 heteroatoms. The summed E-state index contributed by atoms with van der Waals surface area (Å²) in [7, 11) is 0. The van der Waals surface area contributed by atoms with Gasteiger partial charge in [-0.25, -0.2) is 0 Å².